The van der Waals surface area contributed by atoms with Gasteiger partial charge in [-0.2, -0.15) is 4.98 Å². The summed E-state index contributed by atoms with van der Waals surface area (Å²) in [6.07, 6.45) is 5.87. The Morgan fingerprint density at radius 3 is 2.59 bits per heavy atom. The molecule has 1 fully saturated rings. The number of nitrogens with one attached hydrogen (secondary N) is 1. The molecule has 1 aliphatic carbocycles. The summed E-state index contributed by atoms with van der Waals surface area (Å²) in [5.74, 6) is 1.32. The Hall–Kier alpha value is -3.19. The summed E-state index contributed by atoms with van der Waals surface area (Å²) in [7, 11) is 1.56. The lowest BCUT2D eigenvalue weighted by atomic mass is 9.84. The molecule has 1 aromatic carbocycles. The molecule has 2 N–H and O–H groups in total. The Bertz CT molecular complexity index is 1000. The largest absolute Gasteiger partial charge is 0.481 e. The molecule has 1 saturated carbocycles. The van der Waals surface area contributed by atoms with Gasteiger partial charge in [0.05, 0.1) is 18.4 Å². The number of benzene rings is 1. The molecule has 0 bridgehead atoms. The summed E-state index contributed by atoms with van der Waals surface area (Å²) in [4.78, 5) is 20.8. The van der Waals surface area contributed by atoms with E-state index in [1.165, 1.54) is 0 Å². The number of carbonyl (C=O) groups excluding carboxylic acids is 1. The molecule has 4 rings (SSSR count). The number of ether oxygens (including phenoxy) is 2. The van der Waals surface area contributed by atoms with Crippen LogP contribution in [0.15, 0.2) is 48.7 Å². The van der Waals surface area contributed by atoms with Crippen LogP contribution in [0.2, 0.25) is 0 Å². The Balaban J connectivity index is 1.58. The number of pyridine rings is 2. The summed E-state index contributed by atoms with van der Waals surface area (Å²) in [6, 6.07) is 12.9. The zero-order valence-electron chi connectivity index (χ0n) is 16.2. The second-order valence-electron chi connectivity index (χ2n) is 7.20. The van der Waals surface area contributed by atoms with Gasteiger partial charge in [-0.25, -0.2) is 10.5 Å². The second-order valence-corrected chi connectivity index (χ2v) is 7.20. The summed E-state index contributed by atoms with van der Waals surface area (Å²) in [5.41, 5.74) is 3.25. The van der Waals surface area contributed by atoms with Crippen LogP contribution in [0.25, 0.3) is 11.0 Å². The Morgan fingerprint density at radius 1 is 1.14 bits per heavy atom. The Kier molecular flexibility index (Phi) is 5.57. The minimum atomic E-state index is -0.356. The molecule has 1 aliphatic rings. The van der Waals surface area contributed by atoms with Crippen LogP contribution < -0.4 is 15.0 Å². The lowest BCUT2D eigenvalue weighted by Gasteiger charge is -2.22. The molecular weight excluding hydrogens is 370 g/mol. The number of hydrogen-bond acceptors (Lipinski definition) is 6. The van der Waals surface area contributed by atoms with E-state index >= 15 is 0 Å². The maximum atomic E-state index is 12.3. The van der Waals surface area contributed by atoms with Gasteiger partial charge >= 0.3 is 0 Å². The van der Waals surface area contributed by atoms with Crippen molar-refractivity contribution in [1.29, 1.82) is 0 Å². The third kappa shape index (κ3) is 4.00. The van der Waals surface area contributed by atoms with Crippen LogP contribution in [-0.4, -0.2) is 28.2 Å². The number of fused-ring (bicyclic) bond motifs is 1. The van der Waals surface area contributed by atoms with Crippen LogP contribution in [0.5, 0.6) is 17.4 Å². The van der Waals surface area contributed by atoms with Gasteiger partial charge in [0.1, 0.15) is 11.5 Å². The number of hydrogen-bond donors (Lipinski definition) is 2. The van der Waals surface area contributed by atoms with Crippen LogP contribution >= 0.6 is 0 Å². The highest BCUT2D eigenvalue weighted by molar-refractivity contribution is 5.83. The minimum absolute atomic E-state index is 0.249. The Labute approximate surface area is 168 Å². The van der Waals surface area contributed by atoms with Crippen molar-refractivity contribution in [3.8, 4) is 17.4 Å². The van der Waals surface area contributed by atoms with Crippen LogP contribution in [0.1, 0.15) is 37.2 Å². The van der Waals surface area contributed by atoms with Gasteiger partial charge in [-0.1, -0.05) is 25.0 Å². The highest BCUT2D eigenvalue weighted by Crippen LogP contribution is 2.38. The van der Waals surface area contributed by atoms with Crippen molar-refractivity contribution in [2.75, 3.05) is 7.11 Å². The average Bonchev–Trinajstić information content (AvgIpc) is 3.29. The van der Waals surface area contributed by atoms with Gasteiger partial charge in [0.2, 0.25) is 5.88 Å². The van der Waals surface area contributed by atoms with Crippen molar-refractivity contribution < 1.29 is 19.5 Å². The fourth-order valence-electron chi connectivity index (χ4n) is 4.06. The monoisotopic (exact) mass is 393 g/mol. The molecule has 2 heterocycles. The number of hydroxylamine groups is 1. The maximum absolute atomic E-state index is 12.3. The molecule has 150 valence electrons. The van der Waals surface area contributed by atoms with E-state index in [9.17, 15) is 4.79 Å². The van der Waals surface area contributed by atoms with Crippen LogP contribution in [0, 0.1) is 5.92 Å². The van der Waals surface area contributed by atoms with E-state index in [1.54, 1.807) is 25.4 Å². The van der Waals surface area contributed by atoms with Crippen LogP contribution in [0.4, 0.5) is 0 Å². The molecule has 0 saturated heterocycles. The average molecular weight is 393 g/mol. The van der Waals surface area contributed by atoms with Gasteiger partial charge in [-0.15, -0.1) is 0 Å². The van der Waals surface area contributed by atoms with Gasteiger partial charge in [-0.3, -0.25) is 10.0 Å². The number of nitrogens with zero attached hydrogens (tertiary/aromatic N) is 2. The molecule has 1 atom stereocenters. The van der Waals surface area contributed by atoms with Crippen molar-refractivity contribution in [2.45, 2.75) is 31.6 Å². The lowest BCUT2D eigenvalue weighted by Crippen LogP contribution is -2.30. The summed E-state index contributed by atoms with van der Waals surface area (Å²) in [6.45, 7) is 0. The predicted molar refractivity (Wildman–Crippen MR) is 107 cm³/mol. The normalized spacial score (nSPS) is 15.2. The van der Waals surface area contributed by atoms with Crippen LogP contribution in [0.3, 0.4) is 0 Å². The quantitative estimate of drug-likeness (QED) is 0.481. The molecule has 0 radical (unpaired) electrons. The zero-order valence-corrected chi connectivity index (χ0v) is 16.2. The van der Waals surface area contributed by atoms with Crippen molar-refractivity contribution in [2.24, 2.45) is 5.92 Å². The fourth-order valence-corrected chi connectivity index (χ4v) is 4.06. The van der Waals surface area contributed by atoms with E-state index in [2.05, 4.69) is 9.97 Å². The smallest absolute Gasteiger partial charge is 0.251 e. The fraction of sp³-hybridized carbons (Fsp3) is 0.318. The van der Waals surface area contributed by atoms with E-state index in [-0.39, 0.29) is 17.7 Å². The van der Waals surface area contributed by atoms with Crippen LogP contribution in [-0.2, 0) is 4.79 Å². The number of carbonyl (C=O) groups is 1. The first-order valence-electron chi connectivity index (χ1n) is 9.71. The number of aromatic nitrogens is 2. The third-order valence-electron chi connectivity index (χ3n) is 5.48. The first kappa shape index (κ1) is 19.1. The predicted octanol–water partition coefficient (Wildman–Crippen LogP) is 4.21. The van der Waals surface area contributed by atoms with Crippen molar-refractivity contribution in [3.63, 3.8) is 0 Å². The molecule has 29 heavy (non-hydrogen) atoms. The van der Waals surface area contributed by atoms with E-state index in [0.29, 0.717) is 23.0 Å². The number of rotatable bonds is 6. The molecule has 0 spiro atoms. The van der Waals surface area contributed by atoms with E-state index in [0.717, 1.165) is 36.6 Å². The zero-order chi connectivity index (χ0) is 20.2. The van der Waals surface area contributed by atoms with Crippen molar-refractivity contribution >= 4 is 16.9 Å². The number of methoxy groups -OCH3 is 1. The summed E-state index contributed by atoms with van der Waals surface area (Å²) < 4.78 is 11.2. The van der Waals surface area contributed by atoms with Gasteiger partial charge in [-0.05, 0) is 48.6 Å². The highest BCUT2D eigenvalue weighted by atomic mass is 16.5. The van der Waals surface area contributed by atoms with Crippen molar-refractivity contribution in [3.05, 3.63) is 54.2 Å². The summed E-state index contributed by atoms with van der Waals surface area (Å²) in [5, 5.41) is 9.95. The van der Waals surface area contributed by atoms with Gasteiger partial charge < -0.3 is 9.47 Å². The van der Waals surface area contributed by atoms with Gasteiger partial charge in [0, 0.05) is 12.3 Å². The molecule has 2 aromatic heterocycles. The van der Waals surface area contributed by atoms with Gasteiger partial charge in [0.15, 0.2) is 5.65 Å². The third-order valence-corrected chi connectivity index (χ3v) is 5.48. The molecule has 1 unspecified atom stereocenters. The molecule has 1 amide bonds. The van der Waals surface area contributed by atoms with E-state index < -0.39 is 0 Å². The minimum Gasteiger partial charge on any atom is -0.481 e. The molecular formula is C22H23N3O4. The molecule has 0 aliphatic heterocycles. The van der Waals surface area contributed by atoms with E-state index in [1.807, 2.05) is 35.8 Å². The second kappa shape index (κ2) is 8.45. The number of amides is 1. The Morgan fingerprint density at radius 2 is 1.90 bits per heavy atom. The highest BCUT2D eigenvalue weighted by Gasteiger charge is 2.31. The molecule has 3 aromatic rings. The van der Waals surface area contributed by atoms with Crippen molar-refractivity contribution in [1.82, 2.24) is 15.4 Å². The maximum Gasteiger partial charge on any atom is 0.251 e. The first-order chi connectivity index (χ1) is 14.2. The topological polar surface area (TPSA) is 93.6 Å². The molecule has 7 nitrogen and oxygen atoms in total. The summed E-state index contributed by atoms with van der Waals surface area (Å²) >= 11 is 0. The first-order valence-corrected chi connectivity index (χ1v) is 9.71. The van der Waals surface area contributed by atoms with E-state index in [4.69, 9.17) is 14.7 Å². The standard InChI is InChI=1S/C22H23N3O4/c1-28-19-11-10-17-18(12-13-23-21(17)24-19)29-16-8-6-15(7-9-16)20(22(26)25-27)14-4-2-3-5-14/h6-14,20,27H,2-5H2,1H3,(H,25,26). The lowest BCUT2D eigenvalue weighted by molar-refractivity contribution is -0.132. The SMILES string of the molecule is COc1ccc2c(Oc3ccc(C(C(=O)NO)C4CCCC4)cc3)ccnc2n1. The van der Waals surface area contributed by atoms with Gasteiger partial charge in [0.25, 0.3) is 5.91 Å². The molecule has 7 heteroatoms.